The summed E-state index contributed by atoms with van der Waals surface area (Å²) in [5.74, 6) is 0. The zero-order valence-corrected chi connectivity index (χ0v) is 9.43. The summed E-state index contributed by atoms with van der Waals surface area (Å²) in [5, 5.41) is 2.63. The number of carbonyl (C=O) groups is 1. The molecule has 0 atom stereocenters. The predicted octanol–water partition coefficient (Wildman–Crippen LogP) is 2.65. The fraction of sp³-hybridized carbons (Fsp3) is 0.167. The summed E-state index contributed by atoms with van der Waals surface area (Å²) in [7, 11) is 0. The fourth-order valence-corrected chi connectivity index (χ4v) is 1.43. The standard InChI is InChI=1S/C12H13N3O2/c1-2-17-12(16)15-10-5-3-9(4-6-10)11-7-13-8-14-11/h3-8H,2H2,1H3,(H,13,14)(H,15,16). The Labute approximate surface area is 98.8 Å². The first-order valence-corrected chi connectivity index (χ1v) is 5.32. The van der Waals surface area contributed by atoms with E-state index >= 15 is 0 Å². The third kappa shape index (κ3) is 2.84. The van der Waals surface area contributed by atoms with Gasteiger partial charge in [0.2, 0.25) is 0 Å². The highest BCUT2D eigenvalue weighted by molar-refractivity contribution is 5.84. The molecule has 17 heavy (non-hydrogen) atoms. The molecule has 2 rings (SSSR count). The summed E-state index contributed by atoms with van der Waals surface area (Å²) >= 11 is 0. The van der Waals surface area contributed by atoms with Gasteiger partial charge in [-0.05, 0) is 24.6 Å². The average Bonchev–Trinajstić information content (AvgIpc) is 2.84. The molecular formula is C12H13N3O2. The first-order valence-electron chi connectivity index (χ1n) is 5.32. The topological polar surface area (TPSA) is 67.0 Å². The van der Waals surface area contributed by atoms with Crippen molar-refractivity contribution >= 4 is 11.8 Å². The lowest BCUT2D eigenvalue weighted by molar-refractivity contribution is 0.168. The summed E-state index contributed by atoms with van der Waals surface area (Å²) in [6.45, 7) is 2.12. The highest BCUT2D eigenvalue weighted by Crippen LogP contribution is 2.18. The van der Waals surface area contributed by atoms with Gasteiger partial charge in [0, 0.05) is 5.69 Å². The lowest BCUT2D eigenvalue weighted by atomic mass is 10.1. The number of imidazole rings is 1. The van der Waals surface area contributed by atoms with Gasteiger partial charge in [0.1, 0.15) is 0 Å². The van der Waals surface area contributed by atoms with Gasteiger partial charge in [-0.3, -0.25) is 5.32 Å². The van der Waals surface area contributed by atoms with Gasteiger partial charge in [0.15, 0.2) is 0 Å². The number of rotatable bonds is 3. The fourth-order valence-electron chi connectivity index (χ4n) is 1.43. The second-order valence-corrected chi connectivity index (χ2v) is 3.39. The second kappa shape index (κ2) is 5.16. The van der Waals surface area contributed by atoms with Gasteiger partial charge in [-0.15, -0.1) is 0 Å². The van der Waals surface area contributed by atoms with Gasteiger partial charge in [0.05, 0.1) is 24.8 Å². The minimum Gasteiger partial charge on any atom is -0.450 e. The number of hydrogen-bond acceptors (Lipinski definition) is 3. The SMILES string of the molecule is CCOC(=O)Nc1ccc(-c2cnc[nH]2)cc1. The molecule has 5 heteroatoms. The Morgan fingerprint density at radius 2 is 2.18 bits per heavy atom. The Morgan fingerprint density at radius 3 is 2.76 bits per heavy atom. The average molecular weight is 231 g/mol. The quantitative estimate of drug-likeness (QED) is 0.853. The highest BCUT2D eigenvalue weighted by atomic mass is 16.5. The van der Waals surface area contributed by atoms with E-state index in [1.54, 1.807) is 19.4 Å². The van der Waals surface area contributed by atoms with Crippen LogP contribution in [0.2, 0.25) is 0 Å². The van der Waals surface area contributed by atoms with E-state index in [2.05, 4.69) is 15.3 Å². The van der Waals surface area contributed by atoms with Crippen LogP contribution in [0, 0.1) is 0 Å². The van der Waals surface area contributed by atoms with Crippen molar-refractivity contribution in [2.45, 2.75) is 6.92 Å². The van der Waals surface area contributed by atoms with E-state index in [1.807, 2.05) is 24.3 Å². The number of amides is 1. The first-order chi connectivity index (χ1) is 8.29. The van der Waals surface area contributed by atoms with Crippen LogP contribution in [0.3, 0.4) is 0 Å². The largest absolute Gasteiger partial charge is 0.450 e. The molecule has 0 fully saturated rings. The monoisotopic (exact) mass is 231 g/mol. The van der Waals surface area contributed by atoms with E-state index in [0.717, 1.165) is 11.3 Å². The molecule has 0 bridgehead atoms. The number of carbonyl (C=O) groups excluding carboxylic acids is 1. The van der Waals surface area contributed by atoms with Crippen molar-refractivity contribution in [3.63, 3.8) is 0 Å². The summed E-state index contributed by atoms with van der Waals surface area (Å²) in [4.78, 5) is 18.1. The van der Waals surface area contributed by atoms with Gasteiger partial charge in [-0.1, -0.05) is 12.1 Å². The third-order valence-electron chi connectivity index (χ3n) is 2.22. The molecule has 0 saturated carbocycles. The summed E-state index contributed by atoms with van der Waals surface area (Å²) in [6, 6.07) is 7.42. The molecule has 1 aromatic carbocycles. The Balaban J connectivity index is 2.06. The number of nitrogens with one attached hydrogen (secondary N) is 2. The molecule has 1 heterocycles. The molecule has 0 saturated heterocycles. The zero-order chi connectivity index (χ0) is 12.1. The number of ether oxygens (including phenoxy) is 1. The Hall–Kier alpha value is -2.30. The van der Waals surface area contributed by atoms with Crippen LogP contribution in [-0.2, 0) is 4.74 Å². The van der Waals surface area contributed by atoms with Gasteiger partial charge < -0.3 is 9.72 Å². The summed E-state index contributed by atoms with van der Waals surface area (Å²) < 4.78 is 4.78. The molecule has 1 amide bonds. The molecule has 0 radical (unpaired) electrons. The maximum absolute atomic E-state index is 11.2. The summed E-state index contributed by atoms with van der Waals surface area (Å²) in [6.07, 6.45) is 2.93. The van der Waals surface area contributed by atoms with E-state index in [9.17, 15) is 4.79 Å². The predicted molar refractivity (Wildman–Crippen MR) is 64.7 cm³/mol. The van der Waals surface area contributed by atoms with Gasteiger partial charge in [-0.25, -0.2) is 9.78 Å². The lowest BCUT2D eigenvalue weighted by Crippen LogP contribution is -2.12. The van der Waals surface area contributed by atoms with Crippen LogP contribution in [0.25, 0.3) is 11.3 Å². The molecule has 0 aliphatic rings. The van der Waals surface area contributed by atoms with Crippen molar-refractivity contribution in [2.75, 3.05) is 11.9 Å². The van der Waals surface area contributed by atoms with E-state index < -0.39 is 6.09 Å². The van der Waals surface area contributed by atoms with Crippen LogP contribution in [0.5, 0.6) is 0 Å². The molecule has 0 aliphatic heterocycles. The normalized spacial score (nSPS) is 9.94. The molecule has 2 aromatic rings. The van der Waals surface area contributed by atoms with Crippen LogP contribution in [0.1, 0.15) is 6.92 Å². The molecule has 2 N–H and O–H groups in total. The van der Waals surface area contributed by atoms with E-state index in [4.69, 9.17) is 4.74 Å². The Bertz CT molecular complexity index is 477. The zero-order valence-electron chi connectivity index (χ0n) is 9.43. The molecule has 0 spiro atoms. The van der Waals surface area contributed by atoms with Crippen molar-refractivity contribution in [1.29, 1.82) is 0 Å². The number of aromatic amines is 1. The van der Waals surface area contributed by atoms with Gasteiger partial charge in [0.25, 0.3) is 0 Å². The number of H-pyrrole nitrogens is 1. The van der Waals surface area contributed by atoms with Crippen molar-refractivity contribution in [1.82, 2.24) is 9.97 Å². The second-order valence-electron chi connectivity index (χ2n) is 3.39. The molecule has 0 aliphatic carbocycles. The van der Waals surface area contributed by atoms with E-state index in [-0.39, 0.29) is 0 Å². The molecule has 0 unspecified atom stereocenters. The molecular weight excluding hydrogens is 218 g/mol. The first kappa shape index (κ1) is 11.2. The molecule has 88 valence electrons. The number of nitrogens with zero attached hydrogens (tertiary/aromatic N) is 1. The van der Waals surface area contributed by atoms with Crippen molar-refractivity contribution in [3.05, 3.63) is 36.8 Å². The maximum atomic E-state index is 11.2. The van der Waals surface area contributed by atoms with Crippen LogP contribution in [0.4, 0.5) is 10.5 Å². The minimum atomic E-state index is -0.443. The van der Waals surface area contributed by atoms with E-state index in [1.165, 1.54) is 0 Å². The lowest BCUT2D eigenvalue weighted by Gasteiger charge is -2.05. The Kier molecular flexibility index (Phi) is 3.40. The smallest absolute Gasteiger partial charge is 0.411 e. The Morgan fingerprint density at radius 1 is 1.41 bits per heavy atom. The number of anilines is 1. The molecule has 1 aromatic heterocycles. The number of hydrogen-bond donors (Lipinski definition) is 2. The van der Waals surface area contributed by atoms with Crippen LogP contribution >= 0.6 is 0 Å². The van der Waals surface area contributed by atoms with Crippen molar-refractivity contribution in [2.24, 2.45) is 0 Å². The maximum Gasteiger partial charge on any atom is 0.411 e. The van der Waals surface area contributed by atoms with Crippen LogP contribution < -0.4 is 5.32 Å². The van der Waals surface area contributed by atoms with Crippen molar-refractivity contribution < 1.29 is 9.53 Å². The van der Waals surface area contributed by atoms with E-state index in [0.29, 0.717) is 12.3 Å². The van der Waals surface area contributed by atoms with Crippen LogP contribution in [0.15, 0.2) is 36.8 Å². The number of benzene rings is 1. The molecule has 5 nitrogen and oxygen atoms in total. The minimum absolute atomic E-state index is 0.359. The van der Waals surface area contributed by atoms with Crippen molar-refractivity contribution in [3.8, 4) is 11.3 Å². The van der Waals surface area contributed by atoms with Crippen LogP contribution in [-0.4, -0.2) is 22.7 Å². The highest BCUT2D eigenvalue weighted by Gasteiger charge is 2.02. The summed E-state index contributed by atoms with van der Waals surface area (Å²) in [5.41, 5.74) is 2.65. The van der Waals surface area contributed by atoms with Gasteiger partial charge >= 0.3 is 6.09 Å². The third-order valence-corrected chi connectivity index (χ3v) is 2.22. The number of aromatic nitrogens is 2. The van der Waals surface area contributed by atoms with Gasteiger partial charge in [-0.2, -0.15) is 0 Å².